The van der Waals surface area contributed by atoms with E-state index in [-0.39, 0.29) is 0 Å². The van der Waals surface area contributed by atoms with E-state index in [1.807, 2.05) is 24.4 Å². The predicted molar refractivity (Wildman–Crippen MR) is 73.3 cm³/mol. The van der Waals surface area contributed by atoms with Crippen LogP contribution in [0.25, 0.3) is 5.65 Å². The third-order valence-corrected chi connectivity index (χ3v) is 3.72. The second-order valence-corrected chi connectivity index (χ2v) is 5.08. The van der Waals surface area contributed by atoms with Crippen LogP contribution in [-0.4, -0.2) is 27.4 Å². The molecule has 0 saturated carbocycles. The molecule has 3 rings (SSSR count). The van der Waals surface area contributed by atoms with Crippen molar-refractivity contribution in [1.82, 2.24) is 14.3 Å². The van der Waals surface area contributed by atoms with Crippen LogP contribution in [-0.2, 0) is 6.54 Å². The van der Waals surface area contributed by atoms with E-state index in [9.17, 15) is 0 Å². The number of imidazole rings is 1. The van der Waals surface area contributed by atoms with Gasteiger partial charge in [-0.25, -0.2) is 4.98 Å². The molecule has 2 aromatic rings. The summed E-state index contributed by atoms with van der Waals surface area (Å²) in [6.07, 6.45) is 7.31. The first-order valence-corrected chi connectivity index (χ1v) is 6.78. The highest BCUT2D eigenvalue weighted by Gasteiger charge is 2.12. The highest BCUT2D eigenvalue weighted by atomic mass is 15.2. The maximum Gasteiger partial charge on any atom is 0.138 e. The number of nitrogen functional groups attached to an aromatic ring is 1. The first kappa shape index (κ1) is 11.5. The van der Waals surface area contributed by atoms with Gasteiger partial charge in [0.2, 0.25) is 0 Å². The van der Waals surface area contributed by atoms with Gasteiger partial charge in [0.15, 0.2) is 0 Å². The van der Waals surface area contributed by atoms with Gasteiger partial charge < -0.3 is 5.73 Å². The van der Waals surface area contributed by atoms with Crippen molar-refractivity contribution in [2.45, 2.75) is 32.2 Å². The Morgan fingerprint density at radius 1 is 1.11 bits per heavy atom. The summed E-state index contributed by atoms with van der Waals surface area (Å²) in [6.45, 7) is 3.34. The second-order valence-electron chi connectivity index (χ2n) is 5.08. The van der Waals surface area contributed by atoms with Crippen molar-refractivity contribution in [1.29, 1.82) is 0 Å². The van der Waals surface area contributed by atoms with Gasteiger partial charge in [-0.05, 0) is 38.1 Å². The Bertz CT molecular complexity index is 524. The van der Waals surface area contributed by atoms with E-state index in [0.717, 1.165) is 18.0 Å². The highest BCUT2D eigenvalue weighted by molar-refractivity contribution is 5.49. The highest BCUT2D eigenvalue weighted by Crippen LogP contribution is 2.16. The quantitative estimate of drug-likeness (QED) is 0.881. The summed E-state index contributed by atoms with van der Waals surface area (Å²) >= 11 is 0. The lowest BCUT2D eigenvalue weighted by Crippen LogP contribution is -2.24. The molecule has 0 aliphatic carbocycles. The lowest BCUT2D eigenvalue weighted by atomic mass is 10.2. The number of aromatic nitrogens is 2. The fraction of sp³-hybridized carbons (Fsp3) is 0.500. The third-order valence-electron chi connectivity index (χ3n) is 3.72. The fourth-order valence-corrected chi connectivity index (χ4v) is 2.76. The van der Waals surface area contributed by atoms with Crippen LogP contribution in [0.5, 0.6) is 0 Å². The van der Waals surface area contributed by atoms with Gasteiger partial charge in [0, 0.05) is 6.54 Å². The van der Waals surface area contributed by atoms with Gasteiger partial charge in [-0.3, -0.25) is 9.30 Å². The standard InChI is InChI=1S/C14H20N4/c15-13-6-5-7-14-16-10-12(18(13)14)11-17-8-3-1-2-4-9-17/h5-7,10H,1-4,8-9,11,15H2. The number of anilines is 1. The van der Waals surface area contributed by atoms with E-state index >= 15 is 0 Å². The van der Waals surface area contributed by atoms with Crippen molar-refractivity contribution in [3.63, 3.8) is 0 Å². The van der Waals surface area contributed by atoms with Crippen LogP contribution in [0.3, 0.4) is 0 Å². The van der Waals surface area contributed by atoms with E-state index in [2.05, 4.69) is 14.3 Å². The van der Waals surface area contributed by atoms with Crippen LogP contribution < -0.4 is 5.73 Å². The monoisotopic (exact) mass is 244 g/mol. The van der Waals surface area contributed by atoms with Gasteiger partial charge in [-0.1, -0.05) is 18.9 Å². The average Bonchev–Trinajstić information content (AvgIpc) is 2.60. The zero-order valence-corrected chi connectivity index (χ0v) is 10.7. The summed E-state index contributed by atoms with van der Waals surface area (Å²) in [5, 5.41) is 0. The fourth-order valence-electron chi connectivity index (χ4n) is 2.76. The van der Waals surface area contributed by atoms with Gasteiger partial charge in [0.1, 0.15) is 11.5 Å². The number of hydrogen-bond donors (Lipinski definition) is 1. The molecule has 2 aromatic heterocycles. The molecule has 1 aliphatic heterocycles. The molecule has 4 nitrogen and oxygen atoms in total. The van der Waals surface area contributed by atoms with Gasteiger partial charge in [0.25, 0.3) is 0 Å². The molecule has 3 heterocycles. The minimum absolute atomic E-state index is 0.773. The first-order chi connectivity index (χ1) is 8.84. The van der Waals surface area contributed by atoms with Crippen molar-refractivity contribution in [3.05, 3.63) is 30.1 Å². The van der Waals surface area contributed by atoms with Crippen LogP contribution >= 0.6 is 0 Å². The maximum atomic E-state index is 6.04. The molecule has 0 spiro atoms. The molecule has 96 valence electrons. The smallest absolute Gasteiger partial charge is 0.138 e. The summed E-state index contributed by atoms with van der Waals surface area (Å²) in [6, 6.07) is 5.89. The number of pyridine rings is 1. The topological polar surface area (TPSA) is 46.6 Å². The van der Waals surface area contributed by atoms with Crippen molar-refractivity contribution < 1.29 is 0 Å². The molecule has 2 N–H and O–H groups in total. The molecule has 0 radical (unpaired) electrons. The van der Waals surface area contributed by atoms with Gasteiger partial charge >= 0.3 is 0 Å². The van der Waals surface area contributed by atoms with E-state index in [0.29, 0.717) is 0 Å². The van der Waals surface area contributed by atoms with Gasteiger partial charge in [-0.2, -0.15) is 0 Å². The molecule has 18 heavy (non-hydrogen) atoms. The molecule has 1 fully saturated rings. The normalized spacial score (nSPS) is 18.0. The lowest BCUT2D eigenvalue weighted by molar-refractivity contribution is 0.273. The molecule has 1 aliphatic rings. The van der Waals surface area contributed by atoms with Crippen molar-refractivity contribution in [2.24, 2.45) is 0 Å². The maximum absolute atomic E-state index is 6.04. The molecular weight excluding hydrogens is 224 g/mol. The lowest BCUT2D eigenvalue weighted by Gasteiger charge is -2.19. The Balaban J connectivity index is 1.85. The molecule has 1 saturated heterocycles. The number of likely N-dealkylation sites (tertiary alicyclic amines) is 1. The van der Waals surface area contributed by atoms with Crippen molar-refractivity contribution in [2.75, 3.05) is 18.8 Å². The van der Waals surface area contributed by atoms with Gasteiger partial charge in [0.05, 0.1) is 11.9 Å². The number of hydrogen-bond acceptors (Lipinski definition) is 3. The summed E-state index contributed by atoms with van der Waals surface area (Å²) in [5.74, 6) is 0.773. The molecule has 0 unspecified atom stereocenters. The number of rotatable bonds is 2. The first-order valence-electron chi connectivity index (χ1n) is 6.78. The predicted octanol–water partition coefficient (Wildman–Crippen LogP) is 2.29. The zero-order chi connectivity index (χ0) is 12.4. The van der Waals surface area contributed by atoms with Crippen molar-refractivity contribution in [3.8, 4) is 0 Å². The largest absolute Gasteiger partial charge is 0.385 e. The molecule has 0 bridgehead atoms. The van der Waals surface area contributed by atoms with Gasteiger partial charge in [-0.15, -0.1) is 0 Å². The zero-order valence-electron chi connectivity index (χ0n) is 10.7. The SMILES string of the molecule is Nc1cccc2ncc(CN3CCCCCC3)n12. The summed E-state index contributed by atoms with van der Waals surface area (Å²) in [5.41, 5.74) is 8.19. The molecule has 4 heteroatoms. The van der Waals surface area contributed by atoms with Crippen LogP contribution in [0, 0.1) is 0 Å². The van der Waals surface area contributed by atoms with Crippen LogP contribution in [0.15, 0.2) is 24.4 Å². The number of nitrogens with two attached hydrogens (primary N) is 1. The second kappa shape index (κ2) is 4.98. The Hall–Kier alpha value is -1.55. The summed E-state index contributed by atoms with van der Waals surface area (Å²) in [4.78, 5) is 6.94. The van der Waals surface area contributed by atoms with E-state index in [1.54, 1.807) is 0 Å². The third kappa shape index (κ3) is 2.20. The average molecular weight is 244 g/mol. The van der Waals surface area contributed by atoms with E-state index in [4.69, 9.17) is 5.73 Å². The van der Waals surface area contributed by atoms with Crippen LogP contribution in [0.4, 0.5) is 5.82 Å². The van der Waals surface area contributed by atoms with Crippen LogP contribution in [0.2, 0.25) is 0 Å². The Morgan fingerprint density at radius 3 is 2.67 bits per heavy atom. The summed E-state index contributed by atoms with van der Waals surface area (Å²) in [7, 11) is 0. The molecule has 0 atom stereocenters. The van der Waals surface area contributed by atoms with Crippen LogP contribution in [0.1, 0.15) is 31.4 Å². The Morgan fingerprint density at radius 2 is 1.89 bits per heavy atom. The molecule has 0 amide bonds. The number of nitrogens with zero attached hydrogens (tertiary/aromatic N) is 3. The van der Waals surface area contributed by atoms with Crippen molar-refractivity contribution >= 4 is 11.5 Å². The molecule has 0 aromatic carbocycles. The number of fused-ring (bicyclic) bond motifs is 1. The Kier molecular flexibility index (Phi) is 3.19. The van der Waals surface area contributed by atoms with E-state index in [1.165, 1.54) is 44.5 Å². The minimum atomic E-state index is 0.773. The van der Waals surface area contributed by atoms with E-state index < -0.39 is 0 Å². The minimum Gasteiger partial charge on any atom is -0.385 e. The summed E-state index contributed by atoms with van der Waals surface area (Å²) < 4.78 is 2.06. The molecular formula is C14H20N4. The Labute approximate surface area is 107 Å².